The topological polar surface area (TPSA) is 107 Å². The lowest BCUT2D eigenvalue weighted by Gasteiger charge is -2.14. The van der Waals surface area contributed by atoms with Gasteiger partial charge in [0.1, 0.15) is 5.52 Å². The summed E-state index contributed by atoms with van der Waals surface area (Å²) in [6.07, 6.45) is 4.21. The molecule has 0 aliphatic rings. The van der Waals surface area contributed by atoms with Crippen LogP contribution >= 0.6 is 0 Å². The molecule has 124 valence electrons. The second kappa shape index (κ2) is 7.18. The monoisotopic (exact) mass is 325 g/mol. The number of ketones is 1. The highest BCUT2D eigenvalue weighted by atomic mass is 16.3. The molecule has 0 fully saturated rings. The molecule has 3 aromatic rings. The number of aliphatic hydroxyl groups excluding tert-OH is 1. The Kier molecular flexibility index (Phi) is 4.81. The number of hydrogen-bond acceptors (Lipinski definition) is 6. The molecule has 7 heteroatoms. The first-order chi connectivity index (χ1) is 11.7. The number of aryl methyl sites for hydroxylation is 1. The van der Waals surface area contributed by atoms with E-state index in [0.717, 1.165) is 0 Å². The van der Waals surface area contributed by atoms with Crippen molar-refractivity contribution in [1.82, 2.24) is 19.5 Å². The molecule has 0 saturated carbocycles. The number of nitrogens with two attached hydrogens (primary N) is 1. The second-order valence-electron chi connectivity index (χ2n) is 5.71. The fourth-order valence-corrected chi connectivity index (χ4v) is 2.62. The molecule has 0 radical (unpaired) electrons. The SMILES string of the molecule is Nc1ncc2ncn(CCC(CO)CC(=O)c3ccccc3)c2n1. The van der Waals surface area contributed by atoms with Gasteiger partial charge in [0, 0.05) is 25.1 Å². The Labute approximate surface area is 139 Å². The van der Waals surface area contributed by atoms with Crippen LogP contribution in [0.2, 0.25) is 0 Å². The lowest BCUT2D eigenvalue weighted by Crippen LogP contribution is -2.15. The van der Waals surface area contributed by atoms with Crippen molar-refractivity contribution >= 4 is 22.9 Å². The number of nitrogens with zero attached hydrogens (tertiary/aromatic N) is 4. The van der Waals surface area contributed by atoms with Crippen LogP contribution in [-0.2, 0) is 6.54 Å². The normalized spacial score (nSPS) is 12.4. The molecule has 0 saturated heterocycles. The number of carbonyl (C=O) groups excluding carboxylic acids is 1. The molecule has 7 nitrogen and oxygen atoms in total. The molecule has 0 aliphatic heterocycles. The highest BCUT2D eigenvalue weighted by Crippen LogP contribution is 2.16. The third-order valence-corrected chi connectivity index (χ3v) is 3.98. The van der Waals surface area contributed by atoms with E-state index in [9.17, 15) is 9.90 Å². The number of carbonyl (C=O) groups is 1. The maximum absolute atomic E-state index is 12.3. The Bertz CT molecular complexity index is 831. The van der Waals surface area contributed by atoms with Crippen LogP contribution < -0.4 is 5.73 Å². The number of fused-ring (bicyclic) bond motifs is 1. The molecule has 2 heterocycles. The van der Waals surface area contributed by atoms with Gasteiger partial charge in [-0.3, -0.25) is 4.79 Å². The minimum absolute atomic E-state index is 0.0386. The summed E-state index contributed by atoms with van der Waals surface area (Å²) in [5.74, 6) is 0.119. The predicted molar refractivity (Wildman–Crippen MR) is 90.3 cm³/mol. The van der Waals surface area contributed by atoms with Crippen LogP contribution in [0.1, 0.15) is 23.2 Å². The van der Waals surface area contributed by atoms with Gasteiger partial charge in [-0.1, -0.05) is 30.3 Å². The second-order valence-corrected chi connectivity index (χ2v) is 5.71. The highest BCUT2D eigenvalue weighted by Gasteiger charge is 2.15. The number of hydrogen-bond donors (Lipinski definition) is 2. The number of benzene rings is 1. The van der Waals surface area contributed by atoms with Gasteiger partial charge in [-0.15, -0.1) is 0 Å². The van der Waals surface area contributed by atoms with Gasteiger partial charge in [-0.2, -0.15) is 4.98 Å². The Balaban J connectivity index is 1.65. The molecule has 0 bridgehead atoms. The molecule has 3 N–H and O–H groups in total. The van der Waals surface area contributed by atoms with Crippen molar-refractivity contribution in [1.29, 1.82) is 0 Å². The van der Waals surface area contributed by atoms with Crippen molar-refractivity contribution in [2.45, 2.75) is 19.4 Å². The third kappa shape index (κ3) is 3.57. The van der Waals surface area contributed by atoms with Gasteiger partial charge < -0.3 is 15.4 Å². The van der Waals surface area contributed by atoms with Crippen LogP contribution in [0, 0.1) is 5.92 Å². The molecule has 0 aliphatic carbocycles. The quantitative estimate of drug-likeness (QED) is 0.640. The van der Waals surface area contributed by atoms with Crippen molar-refractivity contribution in [3.05, 3.63) is 48.4 Å². The standard InChI is InChI=1S/C17H19N5O2/c18-17-19-9-14-16(21-17)22(11-20-14)7-6-12(10-23)8-15(24)13-4-2-1-3-5-13/h1-5,9,11-12,23H,6-8,10H2,(H2,18,19,21). The molecular weight excluding hydrogens is 306 g/mol. The summed E-state index contributed by atoms with van der Waals surface area (Å²) in [6.45, 7) is 0.558. The van der Waals surface area contributed by atoms with Crippen LogP contribution in [0.5, 0.6) is 0 Å². The third-order valence-electron chi connectivity index (χ3n) is 3.98. The molecule has 1 unspecified atom stereocenters. The number of imidazole rings is 1. The minimum atomic E-state index is -0.116. The van der Waals surface area contributed by atoms with E-state index in [2.05, 4.69) is 15.0 Å². The molecule has 1 aromatic carbocycles. The molecule has 1 atom stereocenters. The van der Waals surface area contributed by atoms with Crippen molar-refractivity contribution in [3.8, 4) is 0 Å². The summed E-state index contributed by atoms with van der Waals surface area (Å²) < 4.78 is 1.86. The maximum Gasteiger partial charge on any atom is 0.222 e. The summed E-state index contributed by atoms with van der Waals surface area (Å²) in [5, 5.41) is 9.59. The summed E-state index contributed by atoms with van der Waals surface area (Å²) in [6, 6.07) is 9.13. The van der Waals surface area contributed by atoms with Gasteiger partial charge in [0.05, 0.1) is 12.5 Å². The Morgan fingerprint density at radius 3 is 2.79 bits per heavy atom. The molecule has 2 aromatic heterocycles. The first-order valence-electron chi connectivity index (χ1n) is 7.80. The lowest BCUT2D eigenvalue weighted by molar-refractivity contribution is 0.0929. The van der Waals surface area contributed by atoms with E-state index in [-0.39, 0.29) is 24.3 Å². The fourth-order valence-electron chi connectivity index (χ4n) is 2.62. The molecular formula is C17H19N5O2. The minimum Gasteiger partial charge on any atom is -0.396 e. The zero-order valence-corrected chi connectivity index (χ0v) is 13.2. The van der Waals surface area contributed by atoms with E-state index < -0.39 is 0 Å². The predicted octanol–water partition coefficient (Wildman–Crippen LogP) is 1.68. The van der Waals surface area contributed by atoms with Crippen molar-refractivity contribution in [2.75, 3.05) is 12.3 Å². The van der Waals surface area contributed by atoms with Crippen molar-refractivity contribution in [3.63, 3.8) is 0 Å². The average molecular weight is 325 g/mol. The summed E-state index contributed by atoms with van der Waals surface area (Å²) in [4.78, 5) is 24.6. The van der Waals surface area contributed by atoms with E-state index in [1.807, 2.05) is 22.8 Å². The summed E-state index contributed by atoms with van der Waals surface area (Å²) in [5.41, 5.74) is 7.62. The van der Waals surface area contributed by atoms with Crippen LogP contribution in [0.25, 0.3) is 11.2 Å². The smallest absolute Gasteiger partial charge is 0.222 e. The highest BCUT2D eigenvalue weighted by molar-refractivity contribution is 5.96. The Morgan fingerprint density at radius 2 is 2.04 bits per heavy atom. The molecule has 0 spiro atoms. The molecule has 24 heavy (non-hydrogen) atoms. The van der Waals surface area contributed by atoms with Gasteiger partial charge in [0.15, 0.2) is 11.4 Å². The first kappa shape index (κ1) is 16.1. The van der Waals surface area contributed by atoms with Gasteiger partial charge in [0.2, 0.25) is 5.95 Å². The van der Waals surface area contributed by atoms with E-state index in [1.165, 1.54) is 0 Å². The number of aliphatic hydroxyl groups is 1. The average Bonchev–Trinajstić information content (AvgIpc) is 3.01. The van der Waals surface area contributed by atoms with Crippen molar-refractivity contribution < 1.29 is 9.90 Å². The van der Waals surface area contributed by atoms with Gasteiger partial charge in [-0.05, 0) is 12.3 Å². The Hall–Kier alpha value is -2.80. The summed E-state index contributed by atoms with van der Waals surface area (Å²) in [7, 11) is 0. The lowest BCUT2D eigenvalue weighted by atomic mass is 9.96. The number of nitrogen functional groups attached to an aromatic ring is 1. The van der Waals surface area contributed by atoms with Crippen molar-refractivity contribution in [2.24, 2.45) is 5.92 Å². The number of anilines is 1. The van der Waals surface area contributed by atoms with Crippen LogP contribution in [-0.4, -0.2) is 37.0 Å². The van der Waals surface area contributed by atoms with E-state index in [0.29, 0.717) is 36.1 Å². The number of Topliss-reactive ketones (excluding diaryl/α,β-unsaturated/α-hetero) is 1. The van der Waals surface area contributed by atoms with Gasteiger partial charge in [-0.25, -0.2) is 9.97 Å². The summed E-state index contributed by atoms with van der Waals surface area (Å²) >= 11 is 0. The zero-order valence-electron chi connectivity index (χ0n) is 13.2. The van der Waals surface area contributed by atoms with Crippen LogP contribution in [0.3, 0.4) is 0 Å². The fraction of sp³-hybridized carbons (Fsp3) is 0.294. The van der Waals surface area contributed by atoms with Gasteiger partial charge in [0.25, 0.3) is 0 Å². The van der Waals surface area contributed by atoms with Crippen LogP contribution in [0.15, 0.2) is 42.9 Å². The zero-order chi connectivity index (χ0) is 16.9. The largest absolute Gasteiger partial charge is 0.396 e. The Morgan fingerprint density at radius 1 is 1.25 bits per heavy atom. The van der Waals surface area contributed by atoms with E-state index >= 15 is 0 Å². The van der Waals surface area contributed by atoms with E-state index in [4.69, 9.17) is 5.73 Å². The molecule has 0 amide bonds. The van der Waals surface area contributed by atoms with E-state index in [1.54, 1.807) is 24.7 Å². The first-order valence-corrected chi connectivity index (χ1v) is 7.80. The number of aromatic nitrogens is 4. The number of rotatable bonds is 7. The van der Waals surface area contributed by atoms with Gasteiger partial charge >= 0.3 is 0 Å². The maximum atomic E-state index is 12.3. The molecule has 3 rings (SSSR count). The van der Waals surface area contributed by atoms with Crippen LogP contribution in [0.4, 0.5) is 5.95 Å².